The van der Waals surface area contributed by atoms with E-state index < -0.39 is 5.41 Å². The van der Waals surface area contributed by atoms with Crippen LogP contribution < -0.4 is 4.74 Å². The van der Waals surface area contributed by atoms with E-state index >= 15 is 0 Å². The second-order valence-corrected chi connectivity index (χ2v) is 8.16. The van der Waals surface area contributed by atoms with Gasteiger partial charge in [0.15, 0.2) is 0 Å². The van der Waals surface area contributed by atoms with E-state index in [1.165, 1.54) is 0 Å². The molecule has 1 aromatic heterocycles. The summed E-state index contributed by atoms with van der Waals surface area (Å²) < 4.78 is 11.3. The zero-order valence-corrected chi connectivity index (χ0v) is 17.8. The highest BCUT2D eigenvalue weighted by molar-refractivity contribution is 5.77. The number of benzene rings is 1. The number of carbonyl (C=O) groups is 1. The smallest absolute Gasteiger partial charge is 0.312 e. The first-order valence-corrected chi connectivity index (χ1v) is 10.6. The summed E-state index contributed by atoms with van der Waals surface area (Å²) >= 11 is 0. The number of hydrogen-bond donors (Lipinski definition) is 1. The minimum Gasteiger partial charge on any atom is -0.494 e. The van der Waals surface area contributed by atoms with Gasteiger partial charge in [0.25, 0.3) is 0 Å². The number of nitrogens with one attached hydrogen (secondary N) is 1. The van der Waals surface area contributed by atoms with E-state index in [4.69, 9.17) is 9.47 Å². The molecule has 1 N–H and O–H groups in total. The van der Waals surface area contributed by atoms with Crippen molar-refractivity contribution in [1.29, 1.82) is 0 Å². The van der Waals surface area contributed by atoms with Crippen molar-refractivity contribution in [3.05, 3.63) is 47.8 Å². The number of aromatic amines is 1. The molecule has 3 rings (SSSR count). The predicted molar refractivity (Wildman–Crippen MR) is 113 cm³/mol. The van der Waals surface area contributed by atoms with Gasteiger partial charge in [0.1, 0.15) is 5.75 Å². The quantitative estimate of drug-likeness (QED) is 0.642. The SMILES string of the molecule is CCOC(=O)C1(CCOc2ccccc2)CCN(Cc2cc(C(C)C)n[nH]2)CC1. The van der Waals surface area contributed by atoms with E-state index in [2.05, 4.69) is 35.0 Å². The lowest BCUT2D eigenvalue weighted by Crippen LogP contribution is -2.45. The Balaban J connectivity index is 1.57. The minimum absolute atomic E-state index is 0.0834. The molecule has 0 radical (unpaired) electrons. The maximum absolute atomic E-state index is 12.8. The van der Waals surface area contributed by atoms with E-state index in [0.717, 1.165) is 49.6 Å². The highest BCUT2D eigenvalue weighted by atomic mass is 16.5. The van der Waals surface area contributed by atoms with Gasteiger partial charge in [0.2, 0.25) is 0 Å². The average molecular weight is 400 g/mol. The first-order chi connectivity index (χ1) is 14.0. The van der Waals surface area contributed by atoms with Crippen LogP contribution in [0.5, 0.6) is 5.75 Å². The van der Waals surface area contributed by atoms with Crippen LogP contribution in [0.15, 0.2) is 36.4 Å². The number of carbonyl (C=O) groups excluding carboxylic acids is 1. The fourth-order valence-electron chi connectivity index (χ4n) is 3.86. The second-order valence-electron chi connectivity index (χ2n) is 8.16. The Kier molecular flexibility index (Phi) is 7.31. The van der Waals surface area contributed by atoms with Crippen molar-refractivity contribution in [3.8, 4) is 5.75 Å². The molecule has 2 heterocycles. The van der Waals surface area contributed by atoms with Gasteiger partial charge in [-0.2, -0.15) is 5.10 Å². The highest BCUT2D eigenvalue weighted by Crippen LogP contribution is 2.37. The summed E-state index contributed by atoms with van der Waals surface area (Å²) in [5.74, 6) is 1.17. The van der Waals surface area contributed by atoms with Gasteiger partial charge in [-0.25, -0.2) is 0 Å². The van der Waals surface area contributed by atoms with Crippen LogP contribution in [0.4, 0.5) is 0 Å². The Labute approximate surface area is 173 Å². The largest absolute Gasteiger partial charge is 0.494 e. The average Bonchev–Trinajstić information content (AvgIpc) is 3.19. The lowest BCUT2D eigenvalue weighted by atomic mass is 9.75. The molecular formula is C23H33N3O3. The summed E-state index contributed by atoms with van der Waals surface area (Å²) in [5.41, 5.74) is 1.76. The van der Waals surface area contributed by atoms with Crippen LogP contribution in [0.25, 0.3) is 0 Å². The molecule has 1 fully saturated rings. The lowest BCUT2D eigenvalue weighted by molar-refractivity contribution is -0.159. The summed E-state index contributed by atoms with van der Waals surface area (Å²) in [6.45, 7) is 9.64. The van der Waals surface area contributed by atoms with Gasteiger partial charge >= 0.3 is 5.97 Å². The third-order valence-electron chi connectivity index (χ3n) is 5.75. The molecule has 1 aliphatic rings. The van der Waals surface area contributed by atoms with Gasteiger partial charge in [-0.1, -0.05) is 32.0 Å². The molecule has 0 spiro atoms. The molecule has 158 valence electrons. The topological polar surface area (TPSA) is 67.5 Å². The monoisotopic (exact) mass is 399 g/mol. The van der Waals surface area contributed by atoms with Crippen LogP contribution in [0.3, 0.4) is 0 Å². The number of hydrogen-bond acceptors (Lipinski definition) is 5. The molecule has 0 unspecified atom stereocenters. The maximum atomic E-state index is 12.8. The number of rotatable bonds is 9. The fourth-order valence-corrected chi connectivity index (χ4v) is 3.86. The van der Waals surface area contributed by atoms with Gasteiger partial charge in [-0.05, 0) is 63.4 Å². The molecule has 1 saturated heterocycles. The van der Waals surface area contributed by atoms with Gasteiger partial charge in [-0.3, -0.25) is 14.8 Å². The van der Waals surface area contributed by atoms with Crippen LogP contribution in [0, 0.1) is 5.41 Å². The zero-order chi connectivity index (χ0) is 20.7. The van der Waals surface area contributed by atoms with Crippen LogP contribution in [-0.4, -0.2) is 47.4 Å². The van der Waals surface area contributed by atoms with Crippen LogP contribution in [0.1, 0.15) is 57.3 Å². The van der Waals surface area contributed by atoms with E-state index in [1.807, 2.05) is 37.3 Å². The van der Waals surface area contributed by atoms with Crippen molar-refractivity contribution in [1.82, 2.24) is 15.1 Å². The Hall–Kier alpha value is -2.34. The van der Waals surface area contributed by atoms with E-state index in [1.54, 1.807) is 0 Å². The normalized spacial score (nSPS) is 16.7. The molecule has 0 saturated carbocycles. The molecule has 6 nitrogen and oxygen atoms in total. The number of piperidine rings is 1. The number of H-pyrrole nitrogens is 1. The number of aromatic nitrogens is 2. The predicted octanol–water partition coefficient (Wildman–Crippen LogP) is 4.15. The number of para-hydroxylation sites is 1. The molecule has 0 amide bonds. The van der Waals surface area contributed by atoms with Crippen molar-refractivity contribution in [3.63, 3.8) is 0 Å². The first-order valence-electron chi connectivity index (χ1n) is 10.6. The van der Waals surface area contributed by atoms with E-state index in [0.29, 0.717) is 25.6 Å². The third kappa shape index (κ3) is 5.60. The van der Waals surface area contributed by atoms with Crippen LogP contribution in [-0.2, 0) is 16.1 Å². The van der Waals surface area contributed by atoms with Crippen molar-refractivity contribution in [2.24, 2.45) is 5.41 Å². The number of esters is 1. The molecule has 0 bridgehead atoms. The summed E-state index contributed by atoms with van der Waals surface area (Å²) in [7, 11) is 0. The maximum Gasteiger partial charge on any atom is 0.312 e. The number of ether oxygens (including phenoxy) is 2. The van der Waals surface area contributed by atoms with Crippen molar-refractivity contribution >= 4 is 5.97 Å². The summed E-state index contributed by atoms with van der Waals surface area (Å²) in [6.07, 6.45) is 2.25. The van der Waals surface area contributed by atoms with Crippen LogP contribution >= 0.6 is 0 Å². The Morgan fingerprint density at radius 1 is 1.24 bits per heavy atom. The van der Waals surface area contributed by atoms with E-state index in [9.17, 15) is 4.79 Å². The standard InChI is InChI=1S/C23H33N3O3/c1-4-28-22(27)23(12-15-29-20-8-6-5-7-9-20)10-13-26(14-11-23)17-19-16-21(18(2)3)25-24-19/h5-9,16,18H,4,10-15,17H2,1-3H3,(H,24,25). The van der Waals surface area contributed by atoms with Crippen molar-refractivity contribution < 1.29 is 14.3 Å². The van der Waals surface area contributed by atoms with Gasteiger partial charge in [0.05, 0.1) is 24.3 Å². The number of nitrogens with zero attached hydrogens (tertiary/aromatic N) is 2. The Morgan fingerprint density at radius 2 is 1.97 bits per heavy atom. The summed E-state index contributed by atoms with van der Waals surface area (Å²) in [6, 6.07) is 11.9. The van der Waals surface area contributed by atoms with Crippen molar-refractivity contribution in [2.75, 3.05) is 26.3 Å². The fraction of sp³-hybridized carbons (Fsp3) is 0.565. The zero-order valence-electron chi connectivity index (χ0n) is 17.8. The molecule has 0 atom stereocenters. The minimum atomic E-state index is -0.460. The molecule has 2 aromatic rings. The molecular weight excluding hydrogens is 366 g/mol. The summed E-state index contributed by atoms with van der Waals surface area (Å²) in [5, 5.41) is 7.54. The molecule has 29 heavy (non-hydrogen) atoms. The molecule has 1 aliphatic heterocycles. The van der Waals surface area contributed by atoms with Gasteiger partial charge < -0.3 is 9.47 Å². The van der Waals surface area contributed by atoms with Gasteiger partial charge in [-0.15, -0.1) is 0 Å². The number of likely N-dealkylation sites (tertiary alicyclic amines) is 1. The summed E-state index contributed by atoms with van der Waals surface area (Å²) in [4.78, 5) is 15.2. The highest BCUT2D eigenvalue weighted by Gasteiger charge is 2.42. The van der Waals surface area contributed by atoms with Crippen molar-refractivity contribution in [2.45, 2.75) is 52.5 Å². The Bertz CT molecular complexity index is 765. The third-order valence-corrected chi connectivity index (χ3v) is 5.75. The second kappa shape index (κ2) is 9.92. The van der Waals surface area contributed by atoms with Gasteiger partial charge in [0, 0.05) is 12.2 Å². The van der Waals surface area contributed by atoms with Crippen LogP contribution in [0.2, 0.25) is 0 Å². The molecule has 0 aliphatic carbocycles. The molecule has 1 aromatic carbocycles. The van der Waals surface area contributed by atoms with E-state index in [-0.39, 0.29) is 5.97 Å². The first kappa shape index (κ1) is 21.4. The Morgan fingerprint density at radius 3 is 2.59 bits per heavy atom. The lowest BCUT2D eigenvalue weighted by Gasteiger charge is -2.39. The molecule has 6 heteroatoms.